The van der Waals surface area contributed by atoms with Crippen molar-refractivity contribution in [1.82, 2.24) is 20.4 Å². The molecule has 0 saturated carbocycles. The molecule has 0 aliphatic carbocycles. The highest BCUT2D eigenvalue weighted by Gasteiger charge is 2.15. The molecule has 1 amide bonds. The van der Waals surface area contributed by atoms with E-state index in [0.29, 0.717) is 18.9 Å². The van der Waals surface area contributed by atoms with Crippen molar-refractivity contribution in [3.63, 3.8) is 0 Å². The van der Waals surface area contributed by atoms with Crippen LogP contribution in [-0.2, 0) is 17.6 Å². The molecule has 0 atom stereocenters. The standard InChI is InChI=1S/C17H22N4O3/c22-16(18-8-9-21-10-12-23-13-11-21)17-20-19-15(24-17)7-6-14-4-2-1-3-5-14/h1-5H,6-13H2,(H,18,22). The topological polar surface area (TPSA) is 80.5 Å². The van der Waals surface area contributed by atoms with Crippen LogP contribution in [0.4, 0.5) is 0 Å². The lowest BCUT2D eigenvalue weighted by atomic mass is 10.1. The number of nitrogens with one attached hydrogen (secondary N) is 1. The van der Waals surface area contributed by atoms with Gasteiger partial charge in [0.25, 0.3) is 0 Å². The minimum Gasteiger partial charge on any atom is -0.417 e. The number of aryl methyl sites for hydroxylation is 2. The lowest BCUT2D eigenvalue weighted by Crippen LogP contribution is -2.41. The van der Waals surface area contributed by atoms with Crippen molar-refractivity contribution in [3.05, 3.63) is 47.7 Å². The number of aromatic nitrogens is 2. The molecular formula is C17H22N4O3. The predicted octanol–water partition coefficient (Wildman–Crippen LogP) is 0.917. The fourth-order valence-electron chi connectivity index (χ4n) is 2.57. The number of rotatable bonds is 7. The van der Waals surface area contributed by atoms with Gasteiger partial charge in [0.2, 0.25) is 5.89 Å². The summed E-state index contributed by atoms with van der Waals surface area (Å²) >= 11 is 0. The summed E-state index contributed by atoms with van der Waals surface area (Å²) in [6.45, 7) is 4.66. The summed E-state index contributed by atoms with van der Waals surface area (Å²) in [5.41, 5.74) is 1.20. The van der Waals surface area contributed by atoms with E-state index in [1.165, 1.54) is 5.56 Å². The maximum Gasteiger partial charge on any atom is 0.308 e. The third kappa shape index (κ3) is 4.87. The third-order valence-corrected chi connectivity index (χ3v) is 3.95. The van der Waals surface area contributed by atoms with Gasteiger partial charge in [0.15, 0.2) is 0 Å². The lowest BCUT2D eigenvalue weighted by Gasteiger charge is -2.26. The first-order valence-corrected chi connectivity index (χ1v) is 8.26. The smallest absolute Gasteiger partial charge is 0.308 e. The molecule has 1 aliphatic rings. The Labute approximate surface area is 141 Å². The van der Waals surface area contributed by atoms with Crippen molar-refractivity contribution in [1.29, 1.82) is 0 Å². The largest absolute Gasteiger partial charge is 0.417 e. The number of morpholine rings is 1. The quantitative estimate of drug-likeness (QED) is 0.813. The zero-order chi connectivity index (χ0) is 16.6. The minimum atomic E-state index is -0.318. The molecule has 0 spiro atoms. The van der Waals surface area contributed by atoms with Gasteiger partial charge in [0.05, 0.1) is 13.2 Å². The Morgan fingerprint density at radius 3 is 2.71 bits per heavy atom. The molecule has 0 radical (unpaired) electrons. The Hall–Kier alpha value is -2.25. The van der Waals surface area contributed by atoms with Crippen LogP contribution in [0, 0.1) is 0 Å². The molecule has 24 heavy (non-hydrogen) atoms. The Morgan fingerprint density at radius 2 is 1.92 bits per heavy atom. The van der Waals surface area contributed by atoms with Gasteiger partial charge < -0.3 is 14.5 Å². The number of carbonyl (C=O) groups is 1. The van der Waals surface area contributed by atoms with Crippen LogP contribution >= 0.6 is 0 Å². The summed E-state index contributed by atoms with van der Waals surface area (Å²) in [5.74, 6) is 0.193. The number of hydrogen-bond donors (Lipinski definition) is 1. The van der Waals surface area contributed by atoms with Crippen LogP contribution in [0.5, 0.6) is 0 Å². The van der Waals surface area contributed by atoms with Gasteiger partial charge in [-0.3, -0.25) is 9.69 Å². The van der Waals surface area contributed by atoms with E-state index in [-0.39, 0.29) is 11.8 Å². The van der Waals surface area contributed by atoms with E-state index >= 15 is 0 Å². The number of carbonyl (C=O) groups excluding carboxylic acids is 1. The number of hydrogen-bond acceptors (Lipinski definition) is 6. The Balaban J connectivity index is 1.41. The summed E-state index contributed by atoms with van der Waals surface area (Å²) in [6.07, 6.45) is 1.43. The molecule has 1 N–H and O–H groups in total. The minimum absolute atomic E-state index is 0.0278. The first-order chi connectivity index (χ1) is 11.8. The second-order valence-electron chi connectivity index (χ2n) is 5.70. The average molecular weight is 330 g/mol. The number of nitrogens with zero attached hydrogens (tertiary/aromatic N) is 3. The molecule has 7 heteroatoms. The summed E-state index contributed by atoms with van der Waals surface area (Å²) in [4.78, 5) is 14.3. The normalized spacial score (nSPS) is 15.3. The molecule has 7 nitrogen and oxygen atoms in total. The molecule has 1 aromatic heterocycles. The number of benzene rings is 1. The van der Waals surface area contributed by atoms with Gasteiger partial charge in [-0.15, -0.1) is 10.2 Å². The second-order valence-corrected chi connectivity index (χ2v) is 5.70. The molecule has 0 bridgehead atoms. The molecule has 0 unspecified atom stereocenters. The molecule has 2 aromatic rings. The molecule has 1 fully saturated rings. The highest BCUT2D eigenvalue weighted by atomic mass is 16.5. The summed E-state index contributed by atoms with van der Waals surface area (Å²) in [7, 11) is 0. The Kier molecular flexibility index (Phi) is 5.92. The lowest BCUT2D eigenvalue weighted by molar-refractivity contribution is 0.0382. The van der Waals surface area contributed by atoms with Gasteiger partial charge >= 0.3 is 11.8 Å². The van der Waals surface area contributed by atoms with Crippen molar-refractivity contribution in [2.75, 3.05) is 39.4 Å². The average Bonchev–Trinajstić information content (AvgIpc) is 3.11. The maximum absolute atomic E-state index is 12.0. The van der Waals surface area contributed by atoms with E-state index in [9.17, 15) is 4.79 Å². The Bertz CT molecular complexity index is 638. The first-order valence-electron chi connectivity index (χ1n) is 8.26. The van der Waals surface area contributed by atoms with Gasteiger partial charge in [-0.2, -0.15) is 0 Å². The van der Waals surface area contributed by atoms with Crippen LogP contribution in [0.1, 0.15) is 22.1 Å². The van der Waals surface area contributed by atoms with Crippen molar-refractivity contribution >= 4 is 5.91 Å². The molecule has 2 heterocycles. The Morgan fingerprint density at radius 1 is 1.12 bits per heavy atom. The number of amides is 1. The molecule has 1 saturated heterocycles. The highest BCUT2D eigenvalue weighted by Crippen LogP contribution is 2.06. The van der Waals surface area contributed by atoms with Crippen LogP contribution in [-0.4, -0.2) is 60.4 Å². The SMILES string of the molecule is O=C(NCCN1CCOCC1)c1nnc(CCc2ccccc2)o1. The van der Waals surface area contributed by atoms with E-state index in [4.69, 9.17) is 9.15 Å². The van der Waals surface area contributed by atoms with Gasteiger partial charge in [0, 0.05) is 32.6 Å². The van der Waals surface area contributed by atoms with Gasteiger partial charge in [-0.25, -0.2) is 0 Å². The van der Waals surface area contributed by atoms with Crippen LogP contribution in [0.2, 0.25) is 0 Å². The van der Waals surface area contributed by atoms with E-state index < -0.39 is 0 Å². The number of ether oxygens (including phenoxy) is 1. The van der Waals surface area contributed by atoms with Crippen molar-refractivity contribution in [2.45, 2.75) is 12.8 Å². The molecule has 1 aliphatic heterocycles. The van der Waals surface area contributed by atoms with Crippen LogP contribution in [0.15, 0.2) is 34.7 Å². The van der Waals surface area contributed by atoms with E-state index in [2.05, 4.69) is 32.5 Å². The molecule has 1 aromatic carbocycles. The van der Waals surface area contributed by atoms with Crippen LogP contribution < -0.4 is 5.32 Å². The fraction of sp³-hybridized carbons (Fsp3) is 0.471. The van der Waals surface area contributed by atoms with Gasteiger partial charge in [-0.1, -0.05) is 30.3 Å². The van der Waals surface area contributed by atoms with E-state index in [1.807, 2.05) is 18.2 Å². The van der Waals surface area contributed by atoms with E-state index in [1.54, 1.807) is 0 Å². The van der Waals surface area contributed by atoms with Crippen LogP contribution in [0.25, 0.3) is 0 Å². The van der Waals surface area contributed by atoms with Crippen molar-refractivity contribution < 1.29 is 13.9 Å². The molecule has 128 valence electrons. The van der Waals surface area contributed by atoms with Crippen molar-refractivity contribution in [2.24, 2.45) is 0 Å². The van der Waals surface area contributed by atoms with Crippen LogP contribution in [0.3, 0.4) is 0 Å². The fourth-order valence-corrected chi connectivity index (χ4v) is 2.57. The zero-order valence-electron chi connectivity index (χ0n) is 13.6. The van der Waals surface area contributed by atoms with E-state index in [0.717, 1.165) is 39.3 Å². The zero-order valence-corrected chi connectivity index (χ0v) is 13.6. The van der Waals surface area contributed by atoms with Gasteiger partial charge in [0.1, 0.15) is 0 Å². The second kappa shape index (κ2) is 8.56. The monoisotopic (exact) mass is 330 g/mol. The summed E-state index contributed by atoms with van der Waals surface area (Å²) < 4.78 is 10.7. The summed E-state index contributed by atoms with van der Waals surface area (Å²) in [6, 6.07) is 10.1. The van der Waals surface area contributed by atoms with Gasteiger partial charge in [-0.05, 0) is 12.0 Å². The highest BCUT2D eigenvalue weighted by molar-refractivity contribution is 5.89. The third-order valence-electron chi connectivity index (χ3n) is 3.95. The molecule has 3 rings (SSSR count). The summed E-state index contributed by atoms with van der Waals surface area (Å²) in [5, 5.41) is 10.6. The maximum atomic E-state index is 12.0. The van der Waals surface area contributed by atoms with Crippen molar-refractivity contribution in [3.8, 4) is 0 Å². The predicted molar refractivity (Wildman–Crippen MR) is 87.7 cm³/mol. The molecular weight excluding hydrogens is 308 g/mol. The first kappa shape index (κ1) is 16.6.